The number of ether oxygens (including phenoxy) is 2. The van der Waals surface area contributed by atoms with Gasteiger partial charge in [0, 0.05) is 25.2 Å². The van der Waals surface area contributed by atoms with Crippen LogP contribution in [-0.4, -0.2) is 57.8 Å². The molecule has 1 saturated heterocycles. The van der Waals surface area contributed by atoms with Crippen LogP contribution >= 0.6 is 0 Å². The first-order chi connectivity index (χ1) is 15.8. The molecule has 0 bridgehead atoms. The first-order valence-electron chi connectivity index (χ1n) is 11.0. The van der Waals surface area contributed by atoms with Gasteiger partial charge < -0.3 is 14.8 Å². The van der Waals surface area contributed by atoms with E-state index < -0.39 is 10.0 Å². The van der Waals surface area contributed by atoms with Gasteiger partial charge in [0.25, 0.3) is 0 Å². The van der Waals surface area contributed by atoms with Crippen LogP contribution in [0.25, 0.3) is 0 Å². The molecule has 1 fully saturated rings. The van der Waals surface area contributed by atoms with Gasteiger partial charge in [0.1, 0.15) is 5.75 Å². The van der Waals surface area contributed by atoms with E-state index >= 15 is 0 Å². The third-order valence-electron chi connectivity index (χ3n) is 5.64. The highest BCUT2D eigenvalue weighted by Gasteiger charge is 2.32. The summed E-state index contributed by atoms with van der Waals surface area (Å²) in [6.45, 7) is 3.14. The van der Waals surface area contributed by atoms with Gasteiger partial charge in [-0.1, -0.05) is 24.3 Å². The molecule has 0 spiro atoms. The lowest BCUT2D eigenvalue weighted by Gasteiger charge is -2.30. The minimum absolute atomic E-state index is 0.0816. The maximum absolute atomic E-state index is 13.1. The number of methoxy groups -OCH3 is 1. The molecule has 9 heteroatoms. The van der Waals surface area contributed by atoms with Crippen LogP contribution < -0.4 is 10.1 Å². The lowest BCUT2D eigenvalue weighted by molar-refractivity contribution is -0.149. The van der Waals surface area contributed by atoms with Crippen LogP contribution in [0.4, 0.5) is 0 Å². The third kappa shape index (κ3) is 6.40. The molecule has 1 aliphatic heterocycles. The number of rotatable bonds is 10. The number of carbonyl (C=O) groups excluding carboxylic acids is 2. The van der Waals surface area contributed by atoms with Crippen molar-refractivity contribution in [3.8, 4) is 5.75 Å². The highest BCUT2D eigenvalue weighted by Crippen LogP contribution is 2.25. The van der Waals surface area contributed by atoms with Gasteiger partial charge in [-0.25, -0.2) is 8.42 Å². The second-order valence-corrected chi connectivity index (χ2v) is 9.77. The zero-order valence-corrected chi connectivity index (χ0v) is 19.8. The zero-order chi connectivity index (χ0) is 23.8. The van der Waals surface area contributed by atoms with E-state index in [4.69, 9.17) is 9.47 Å². The van der Waals surface area contributed by atoms with Crippen molar-refractivity contribution in [2.75, 3.05) is 33.4 Å². The van der Waals surface area contributed by atoms with Crippen molar-refractivity contribution in [1.29, 1.82) is 0 Å². The Kier molecular flexibility index (Phi) is 8.60. The second-order valence-electron chi connectivity index (χ2n) is 7.83. The lowest BCUT2D eigenvalue weighted by Crippen LogP contribution is -2.40. The number of hydrogen-bond acceptors (Lipinski definition) is 7. The topological polar surface area (TPSA) is 102 Å². The van der Waals surface area contributed by atoms with E-state index in [2.05, 4.69) is 5.32 Å². The summed E-state index contributed by atoms with van der Waals surface area (Å²) in [6.07, 6.45) is 0.845. The second kappa shape index (κ2) is 11.4. The molecule has 0 aliphatic carbocycles. The Labute approximate surface area is 194 Å². The Morgan fingerprint density at radius 1 is 1.09 bits per heavy atom. The number of benzene rings is 2. The van der Waals surface area contributed by atoms with Gasteiger partial charge in [-0.05, 0) is 49.6 Å². The summed E-state index contributed by atoms with van der Waals surface area (Å²) in [4.78, 5) is 24.6. The molecule has 0 saturated carbocycles. The van der Waals surface area contributed by atoms with Gasteiger partial charge in [-0.3, -0.25) is 9.59 Å². The van der Waals surface area contributed by atoms with Gasteiger partial charge in [0.2, 0.25) is 10.0 Å². The number of hydrogen-bond donors (Lipinski definition) is 1. The summed E-state index contributed by atoms with van der Waals surface area (Å²) in [5, 5.41) is 3.09. The standard InChI is InChI=1S/C24H30N2O6S/c1-3-32-24(28)19-11-13-26(14-12-19)33(29,30)22-6-4-5-20(15-22)23(27)17-25-16-18-7-9-21(31-2)10-8-18/h4-10,15,19,25H,3,11-14,16-17H2,1-2H3. The molecule has 0 aromatic heterocycles. The minimum Gasteiger partial charge on any atom is -0.497 e. The monoisotopic (exact) mass is 474 g/mol. The summed E-state index contributed by atoms with van der Waals surface area (Å²) in [5.41, 5.74) is 1.34. The van der Waals surface area contributed by atoms with Crippen molar-refractivity contribution in [3.05, 3.63) is 59.7 Å². The molecule has 3 rings (SSSR count). The number of Topliss-reactive ketones (excluding diaryl/α,β-unsaturated/α-hetero) is 1. The summed E-state index contributed by atoms with van der Waals surface area (Å²) < 4.78 is 37.7. The van der Waals surface area contributed by atoms with Crippen LogP contribution in [0, 0.1) is 5.92 Å². The number of esters is 1. The van der Waals surface area contributed by atoms with Crippen molar-refractivity contribution in [3.63, 3.8) is 0 Å². The Hall–Kier alpha value is -2.75. The third-order valence-corrected chi connectivity index (χ3v) is 7.54. The Morgan fingerprint density at radius 3 is 2.42 bits per heavy atom. The predicted molar refractivity (Wildman–Crippen MR) is 124 cm³/mol. The highest BCUT2D eigenvalue weighted by atomic mass is 32.2. The molecule has 1 N–H and O–H groups in total. The van der Waals surface area contributed by atoms with Crippen LogP contribution in [0.15, 0.2) is 53.4 Å². The highest BCUT2D eigenvalue weighted by molar-refractivity contribution is 7.89. The van der Waals surface area contributed by atoms with Crippen molar-refractivity contribution in [2.45, 2.75) is 31.2 Å². The smallest absolute Gasteiger partial charge is 0.309 e. The van der Waals surface area contributed by atoms with Gasteiger partial charge in [-0.2, -0.15) is 4.31 Å². The number of nitrogens with one attached hydrogen (secondary N) is 1. The quantitative estimate of drug-likeness (QED) is 0.417. The van der Waals surface area contributed by atoms with E-state index in [1.807, 2.05) is 24.3 Å². The van der Waals surface area contributed by atoms with Gasteiger partial charge >= 0.3 is 5.97 Å². The molecule has 0 radical (unpaired) electrons. The predicted octanol–water partition coefficient (Wildman–Crippen LogP) is 2.63. The van der Waals surface area contributed by atoms with E-state index in [1.165, 1.54) is 16.4 Å². The number of nitrogens with zero attached hydrogens (tertiary/aromatic N) is 1. The molecular formula is C24H30N2O6S. The molecule has 2 aromatic carbocycles. The van der Waals surface area contributed by atoms with Crippen molar-refractivity contribution < 1.29 is 27.5 Å². The Balaban J connectivity index is 1.58. The first-order valence-corrected chi connectivity index (χ1v) is 12.4. The average Bonchev–Trinajstić information content (AvgIpc) is 2.84. The van der Waals surface area contributed by atoms with E-state index in [1.54, 1.807) is 26.2 Å². The zero-order valence-electron chi connectivity index (χ0n) is 19.0. The fourth-order valence-corrected chi connectivity index (χ4v) is 5.25. The first kappa shape index (κ1) is 24.9. The SMILES string of the molecule is CCOC(=O)C1CCN(S(=O)(=O)c2cccc(C(=O)CNCc3ccc(OC)cc3)c2)CC1. The maximum atomic E-state index is 13.1. The van der Waals surface area contributed by atoms with Crippen LogP contribution in [0.1, 0.15) is 35.7 Å². The number of ketones is 1. The average molecular weight is 475 g/mol. The van der Waals surface area contributed by atoms with E-state index in [0.29, 0.717) is 31.6 Å². The molecule has 0 amide bonds. The van der Waals surface area contributed by atoms with Gasteiger partial charge in [-0.15, -0.1) is 0 Å². The molecule has 1 aliphatic rings. The summed E-state index contributed by atoms with van der Waals surface area (Å²) in [6, 6.07) is 13.6. The number of sulfonamides is 1. The maximum Gasteiger partial charge on any atom is 0.309 e. The van der Waals surface area contributed by atoms with Crippen molar-refractivity contribution >= 4 is 21.8 Å². The van der Waals surface area contributed by atoms with Gasteiger partial charge in [0.15, 0.2) is 5.78 Å². The number of carbonyl (C=O) groups is 2. The largest absolute Gasteiger partial charge is 0.497 e. The fourth-order valence-electron chi connectivity index (χ4n) is 3.74. The Bertz CT molecular complexity index is 1060. The van der Waals surface area contributed by atoms with Crippen LogP contribution in [0.3, 0.4) is 0 Å². The molecule has 1 heterocycles. The normalized spacial score (nSPS) is 15.2. The van der Waals surface area contributed by atoms with Gasteiger partial charge in [0.05, 0.1) is 31.1 Å². The lowest BCUT2D eigenvalue weighted by atomic mass is 9.98. The fraction of sp³-hybridized carbons (Fsp3) is 0.417. The van der Waals surface area contributed by atoms with E-state index in [0.717, 1.165) is 11.3 Å². The minimum atomic E-state index is -3.75. The van der Waals surface area contributed by atoms with Crippen molar-refractivity contribution in [1.82, 2.24) is 9.62 Å². The molecule has 0 unspecified atom stereocenters. The van der Waals surface area contributed by atoms with Crippen LogP contribution in [-0.2, 0) is 26.1 Å². The van der Waals surface area contributed by atoms with Crippen molar-refractivity contribution in [2.24, 2.45) is 5.92 Å². The Morgan fingerprint density at radius 2 is 1.79 bits per heavy atom. The molecule has 8 nitrogen and oxygen atoms in total. The summed E-state index contributed by atoms with van der Waals surface area (Å²) in [5.74, 6) is 0.0184. The molecule has 178 valence electrons. The van der Waals surface area contributed by atoms with Crippen LogP contribution in [0.5, 0.6) is 5.75 Å². The van der Waals surface area contributed by atoms with Crippen LogP contribution in [0.2, 0.25) is 0 Å². The number of piperidine rings is 1. The molecule has 0 atom stereocenters. The summed E-state index contributed by atoms with van der Waals surface area (Å²) in [7, 11) is -2.15. The molecule has 2 aromatic rings. The summed E-state index contributed by atoms with van der Waals surface area (Å²) >= 11 is 0. The molecular weight excluding hydrogens is 444 g/mol. The van der Waals surface area contributed by atoms with E-state index in [-0.39, 0.29) is 42.2 Å². The molecule has 33 heavy (non-hydrogen) atoms. The van der Waals surface area contributed by atoms with E-state index in [9.17, 15) is 18.0 Å².